The molecule has 0 radical (unpaired) electrons. The number of ether oxygens (including phenoxy) is 2. The summed E-state index contributed by atoms with van der Waals surface area (Å²) in [4.78, 5) is 10.6. The third-order valence-electron chi connectivity index (χ3n) is 2.77. The summed E-state index contributed by atoms with van der Waals surface area (Å²) in [5.41, 5.74) is 1.54. The van der Waals surface area contributed by atoms with Crippen molar-refractivity contribution >= 4 is 11.4 Å². The van der Waals surface area contributed by atoms with Gasteiger partial charge in [0.1, 0.15) is 5.69 Å². The lowest BCUT2D eigenvalue weighted by Crippen LogP contribution is -2.09. The van der Waals surface area contributed by atoms with E-state index in [2.05, 4.69) is 5.32 Å². The van der Waals surface area contributed by atoms with Gasteiger partial charge in [0, 0.05) is 12.6 Å². The van der Waals surface area contributed by atoms with Crippen LogP contribution < -0.4 is 5.32 Å². The van der Waals surface area contributed by atoms with Crippen LogP contribution in [0.15, 0.2) is 18.2 Å². The second kappa shape index (κ2) is 9.31. The standard InChI is InChI=1S/C15H24N2O4/c1-4-7-16-14-10-13(5-6-15(14)17(18)19)11-20-8-9-21-12(2)3/h5-6,10,12,16H,4,7-9,11H2,1-3H3. The monoisotopic (exact) mass is 296 g/mol. The Morgan fingerprint density at radius 3 is 2.71 bits per heavy atom. The molecule has 0 saturated carbocycles. The first kappa shape index (κ1) is 17.4. The number of hydrogen-bond donors (Lipinski definition) is 1. The van der Waals surface area contributed by atoms with Crippen LogP contribution in [0, 0.1) is 10.1 Å². The van der Waals surface area contributed by atoms with Crippen molar-refractivity contribution < 1.29 is 14.4 Å². The van der Waals surface area contributed by atoms with E-state index in [1.165, 1.54) is 6.07 Å². The number of nitro benzene ring substituents is 1. The Labute approximate surface area is 125 Å². The van der Waals surface area contributed by atoms with Crippen LogP contribution in [0.1, 0.15) is 32.8 Å². The molecule has 0 saturated heterocycles. The first-order valence-electron chi connectivity index (χ1n) is 7.25. The molecule has 118 valence electrons. The highest BCUT2D eigenvalue weighted by Crippen LogP contribution is 2.25. The minimum Gasteiger partial charge on any atom is -0.379 e. The summed E-state index contributed by atoms with van der Waals surface area (Å²) in [6.45, 7) is 8.14. The number of benzene rings is 1. The van der Waals surface area contributed by atoms with Crippen molar-refractivity contribution in [2.75, 3.05) is 25.1 Å². The van der Waals surface area contributed by atoms with E-state index < -0.39 is 0 Å². The van der Waals surface area contributed by atoms with Crippen LogP contribution in [0.5, 0.6) is 0 Å². The molecule has 0 aromatic heterocycles. The zero-order chi connectivity index (χ0) is 15.7. The Morgan fingerprint density at radius 2 is 2.10 bits per heavy atom. The van der Waals surface area contributed by atoms with Crippen LogP contribution in [0.4, 0.5) is 11.4 Å². The van der Waals surface area contributed by atoms with E-state index >= 15 is 0 Å². The number of nitrogens with zero attached hydrogens (tertiary/aromatic N) is 1. The van der Waals surface area contributed by atoms with Crippen molar-refractivity contribution in [2.45, 2.75) is 39.9 Å². The Bertz CT molecular complexity index is 449. The van der Waals surface area contributed by atoms with Gasteiger partial charge in [-0.15, -0.1) is 0 Å². The molecule has 0 atom stereocenters. The van der Waals surface area contributed by atoms with Crippen LogP contribution in [0.3, 0.4) is 0 Å². The van der Waals surface area contributed by atoms with Gasteiger partial charge < -0.3 is 14.8 Å². The van der Waals surface area contributed by atoms with Gasteiger partial charge in [-0.05, 0) is 38.0 Å². The van der Waals surface area contributed by atoms with E-state index in [-0.39, 0.29) is 16.7 Å². The van der Waals surface area contributed by atoms with Crippen LogP contribution in [0.2, 0.25) is 0 Å². The normalized spacial score (nSPS) is 10.9. The maximum absolute atomic E-state index is 11.0. The molecule has 6 nitrogen and oxygen atoms in total. The quantitative estimate of drug-likeness (QED) is 0.407. The van der Waals surface area contributed by atoms with Gasteiger partial charge in [0.25, 0.3) is 5.69 Å². The smallest absolute Gasteiger partial charge is 0.292 e. The van der Waals surface area contributed by atoms with Gasteiger partial charge in [0.05, 0.1) is 30.8 Å². The van der Waals surface area contributed by atoms with Gasteiger partial charge >= 0.3 is 0 Å². The highest BCUT2D eigenvalue weighted by Gasteiger charge is 2.13. The average molecular weight is 296 g/mol. The molecule has 0 amide bonds. The largest absolute Gasteiger partial charge is 0.379 e. The molecule has 1 aromatic rings. The summed E-state index contributed by atoms with van der Waals surface area (Å²) in [6.07, 6.45) is 1.10. The molecule has 0 spiro atoms. The fourth-order valence-corrected chi connectivity index (χ4v) is 1.77. The molecule has 0 heterocycles. The maximum atomic E-state index is 11.0. The molecule has 0 fully saturated rings. The average Bonchev–Trinajstić information content (AvgIpc) is 2.44. The van der Waals surface area contributed by atoms with E-state index in [0.717, 1.165) is 12.0 Å². The van der Waals surface area contributed by atoms with Crippen molar-refractivity contribution in [3.8, 4) is 0 Å². The molecule has 1 N–H and O–H groups in total. The number of rotatable bonds is 10. The summed E-state index contributed by atoms with van der Waals surface area (Å²) >= 11 is 0. The van der Waals surface area contributed by atoms with Crippen LogP contribution in [-0.2, 0) is 16.1 Å². The lowest BCUT2D eigenvalue weighted by Gasteiger charge is -2.10. The summed E-state index contributed by atoms with van der Waals surface area (Å²) in [5, 5.41) is 14.1. The first-order valence-corrected chi connectivity index (χ1v) is 7.25. The second-order valence-corrected chi connectivity index (χ2v) is 5.01. The van der Waals surface area contributed by atoms with E-state index in [9.17, 15) is 10.1 Å². The molecule has 1 rings (SSSR count). The summed E-state index contributed by atoms with van der Waals surface area (Å²) in [5.74, 6) is 0. The summed E-state index contributed by atoms with van der Waals surface area (Å²) in [6, 6.07) is 5.01. The summed E-state index contributed by atoms with van der Waals surface area (Å²) in [7, 11) is 0. The Kier molecular flexibility index (Phi) is 7.71. The lowest BCUT2D eigenvalue weighted by atomic mass is 10.2. The fourth-order valence-electron chi connectivity index (χ4n) is 1.77. The Balaban J connectivity index is 2.56. The number of nitro groups is 1. The SMILES string of the molecule is CCCNc1cc(COCCOC(C)C)ccc1[N+](=O)[O-]. The molecule has 0 unspecified atom stereocenters. The van der Waals surface area contributed by atoms with E-state index in [1.54, 1.807) is 12.1 Å². The van der Waals surface area contributed by atoms with Crippen molar-refractivity contribution in [1.29, 1.82) is 0 Å². The molecule has 6 heteroatoms. The minimum absolute atomic E-state index is 0.0929. The van der Waals surface area contributed by atoms with E-state index in [4.69, 9.17) is 9.47 Å². The predicted octanol–water partition coefficient (Wildman–Crippen LogP) is 3.36. The van der Waals surface area contributed by atoms with Gasteiger partial charge in [-0.1, -0.05) is 6.92 Å². The van der Waals surface area contributed by atoms with Crippen molar-refractivity contribution in [3.05, 3.63) is 33.9 Å². The van der Waals surface area contributed by atoms with Gasteiger partial charge in [-0.3, -0.25) is 10.1 Å². The van der Waals surface area contributed by atoms with Gasteiger partial charge in [0.2, 0.25) is 0 Å². The van der Waals surface area contributed by atoms with E-state index in [1.807, 2.05) is 20.8 Å². The third-order valence-corrected chi connectivity index (χ3v) is 2.77. The molecular weight excluding hydrogens is 272 g/mol. The van der Waals surface area contributed by atoms with E-state index in [0.29, 0.717) is 32.1 Å². The predicted molar refractivity (Wildman–Crippen MR) is 82.6 cm³/mol. The van der Waals surface area contributed by atoms with Gasteiger partial charge in [-0.25, -0.2) is 0 Å². The maximum Gasteiger partial charge on any atom is 0.292 e. The van der Waals surface area contributed by atoms with Crippen LogP contribution in [0.25, 0.3) is 0 Å². The van der Waals surface area contributed by atoms with Gasteiger partial charge in [-0.2, -0.15) is 0 Å². The van der Waals surface area contributed by atoms with Crippen molar-refractivity contribution in [2.24, 2.45) is 0 Å². The van der Waals surface area contributed by atoms with Crippen LogP contribution in [-0.4, -0.2) is 30.8 Å². The molecule has 0 aliphatic carbocycles. The third kappa shape index (κ3) is 6.55. The number of anilines is 1. The molecule has 0 bridgehead atoms. The molecular formula is C15H24N2O4. The van der Waals surface area contributed by atoms with Crippen molar-refractivity contribution in [1.82, 2.24) is 0 Å². The highest BCUT2D eigenvalue weighted by atomic mass is 16.6. The fraction of sp³-hybridized carbons (Fsp3) is 0.600. The number of nitrogens with one attached hydrogen (secondary N) is 1. The zero-order valence-electron chi connectivity index (χ0n) is 12.9. The topological polar surface area (TPSA) is 73.6 Å². The highest BCUT2D eigenvalue weighted by molar-refractivity contribution is 5.62. The Morgan fingerprint density at radius 1 is 1.33 bits per heavy atom. The zero-order valence-corrected chi connectivity index (χ0v) is 12.9. The summed E-state index contributed by atoms with van der Waals surface area (Å²) < 4.78 is 10.9. The molecule has 21 heavy (non-hydrogen) atoms. The molecule has 0 aliphatic rings. The molecule has 1 aromatic carbocycles. The van der Waals surface area contributed by atoms with Crippen molar-refractivity contribution in [3.63, 3.8) is 0 Å². The lowest BCUT2D eigenvalue weighted by molar-refractivity contribution is -0.384. The van der Waals surface area contributed by atoms with Gasteiger partial charge in [0.15, 0.2) is 0 Å². The van der Waals surface area contributed by atoms with Crippen LogP contribution >= 0.6 is 0 Å². The second-order valence-electron chi connectivity index (χ2n) is 5.01. The minimum atomic E-state index is -0.376. The number of hydrogen-bond acceptors (Lipinski definition) is 5. The Hall–Kier alpha value is -1.66. The molecule has 0 aliphatic heterocycles. The first-order chi connectivity index (χ1) is 10.0.